The van der Waals surface area contributed by atoms with Crippen LogP contribution in [0.5, 0.6) is 0 Å². The maximum Gasteiger partial charge on any atom is 0.0720 e. The van der Waals surface area contributed by atoms with E-state index in [4.69, 9.17) is 5.10 Å². The quantitative estimate of drug-likeness (QED) is 0.932. The minimum atomic E-state index is 0.359. The average Bonchev–Trinajstić information content (AvgIpc) is 2.75. The standard InChI is InChI=1S/C18H25N3/c1-5-19-18-16-9-7-6-8-15(16)10-11-17(18)21-14(4)12(2)13(3)20-21/h6-9,17-19H,5,10-11H2,1-4H3. The van der Waals surface area contributed by atoms with E-state index in [1.165, 1.54) is 22.4 Å². The van der Waals surface area contributed by atoms with Crippen molar-refractivity contribution in [3.05, 3.63) is 52.3 Å². The monoisotopic (exact) mass is 283 g/mol. The molecule has 1 N–H and O–H groups in total. The fourth-order valence-corrected chi connectivity index (χ4v) is 3.54. The summed E-state index contributed by atoms with van der Waals surface area (Å²) in [5, 5.41) is 8.50. The molecule has 2 atom stereocenters. The first-order valence-corrected chi connectivity index (χ1v) is 7.97. The molecule has 0 aliphatic heterocycles. The van der Waals surface area contributed by atoms with E-state index in [9.17, 15) is 0 Å². The Morgan fingerprint density at radius 3 is 2.67 bits per heavy atom. The summed E-state index contributed by atoms with van der Waals surface area (Å²) in [6.45, 7) is 9.64. The highest BCUT2D eigenvalue weighted by Crippen LogP contribution is 2.38. The first kappa shape index (κ1) is 14.3. The Kier molecular flexibility index (Phi) is 3.85. The molecule has 2 aromatic rings. The van der Waals surface area contributed by atoms with Gasteiger partial charge in [0, 0.05) is 5.69 Å². The second-order valence-electron chi connectivity index (χ2n) is 6.08. The third-order valence-electron chi connectivity index (χ3n) is 4.91. The van der Waals surface area contributed by atoms with Gasteiger partial charge < -0.3 is 5.32 Å². The molecule has 112 valence electrons. The molecule has 0 saturated carbocycles. The van der Waals surface area contributed by atoms with Crippen molar-refractivity contribution in [1.82, 2.24) is 15.1 Å². The Balaban J connectivity index is 2.04. The molecule has 3 rings (SSSR count). The molecule has 3 nitrogen and oxygen atoms in total. The van der Waals surface area contributed by atoms with Gasteiger partial charge in [0.05, 0.1) is 17.8 Å². The molecule has 0 amide bonds. The second kappa shape index (κ2) is 5.64. The van der Waals surface area contributed by atoms with Gasteiger partial charge in [0.15, 0.2) is 0 Å². The van der Waals surface area contributed by atoms with E-state index in [1.807, 2.05) is 0 Å². The second-order valence-corrected chi connectivity index (χ2v) is 6.08. The summed E-state index contributed by atoms with van der Waals surface area (Å²) in [5.74, 6) is 0. The molecule has 1 heterocycles. The van der Waals surface area contributed by atoms with Crippen LogP contribution < -0.4 is 5.32 Å². The maximum absolute atomic E-state index is 4.82. The zero-order chi connectivity index (χ0) is 15.0. The van der Waals surface area contributed by atoms with Crippen molar-refractivity contribution in [2.24, 2.45) is 0 Å². The highest BCUT2D eigenvalue weighted by atomic mass is 15.3. The van der Waals surface area contributed by atoms with Gasteiger partial charge in [-0.25, -0.2) is 0 Å². The Hall–Kier alpha value is -1.61. The third-order valence-corrected chi connectivity index (χ3v) is 4.91. The van der Waals surface area contributed by atoms with Crippen LogP contribution in [0.25, 0.3) is 0 Å². The van der Waals surface area contributed by atoms with E-state index in [0.717, 1.165) is 25.1 Å². The number of benzene rings is 1. The third kappa shape index (κ3) is 2.40. The number of aryl methyl sites for hydroxylation is 2. The Labute approximate surface area is 127 Å². The molecule has 2 unspecified atom stereocenters. The van der Waals surface area contributed by atoms with Crippen LogP contribution in [-0.4, -0.2) is 16.3 Å². The molecule has 0 bridgehead atoms. The summed E-state index contributed by atoms with van der Waals surface area (Å²) in [6.07, 6.45) is 2.29. The zero-order valence-electron chi connectivity index (χ0n) is 13.5. The molecule has 1 aromatic carbocycles. The van der Waals surface area contributed by atoms with Crippen molar-refractivity contribution in [1.29, 1.82) is 0 Å². The van der Waals surface area contributed by atoms with Gasteiger partial charge in [0.1, 0.15) is 0 Å². The van der Waals surface area contributed by atoms with Crippen molar-refractivity contribution in [3.63, 3.8) is 0 Å². The van der Waals surface area contributed by atoms with E-state index in [0.29, 0.717) is 12.1 Å². The minimum absolute atomic E-state index is 0.359. The van der Waals surface area contributed by atoms with E-state index < -0.39 is 0 Å². The lowest BCUT2D eigenvalue weighted by Gasteiger charge is -2.35. The normalized spacial score (nSPS) is 21.3. The highest BCUT2D eigenvalue weighted by molar-refractivity contribution is 5.34. The zero-order valence-corrected chi connectivity index (χ0v) is 13.5. The van der Waals surface area contributed by atoms with Gasteiger partial charge in [-0.05, 0) is 56.8 Å². The summed E-state index contributed by atoms with van der Waals surface area (Å²) >= 11 is 0. The number of nitrogens with one attached hydrogen (secondary N) is 1. The van der Waals surface area contributed by atoms with Gasteiger partial charge >= 0.3 is 0 Å². The Morgan fingerprint density at radius 1 is 1.24 bits per heavy atom. The molecule has 1 aliphatic rings. The largest absolute Gasteiger partial charge is 0.308 e. The number of nitrogens with zero attached hydrogens (tertiary/aromatic N) is 2. The molecule has 0 saturated heterocycles. The van der Waals surface area contributed by atoms with Crippen LogP contribution in [-0.2, 0) is 6.42 Å². The average molecular weight is 283 g/mol. The van der Waals surface area contributed by atoms with E-state index >= 15 is 0 Å². The summed E-state index contributed by atoms with van der Waals surface area (Å²) in [6, 6.07) is 9.60. The molecule has 1 aliphatic carbocycles. The van der Waals surface area contributed by atoms with Crippen LogP contribution in [0, 0.1) is 20.8 Å². The summed E-state index contributed by atoms with van der Waals surface area (Å²) in [4.78, 5) is 0. The Bertz CT molecular complexity index is 642. The van der Waals surface area contributed by atoms with Gasteiger partial charge in [-0.15, -0.1) is 0 Å². The van der Waals surface area contributed by atoms with Crippen molar-refractivity contribution in [3.8, 4) is 0 Å². The van der Waals surface area contributed by atoms with Crippen LogP contribution in [0.1, 0.15) is 53.5 Å². The number of hydrogen-bond acceptors (Lipinski definition) is 2. The SMILES string of the molecule is CCNC1c2ccccc2CCC1n1nc(C)c(C)c1C. The molecule has 1 aromatic heterocycles. The number of fused-ring (bicyclic) bond motifs is 1. The molecule has 0 fully saturated rings. The van der Waals surface area contributed by atoms with Crippen LogP contribution in [0.15, 0.2) is 24.3 Å². The van der Waals surface area contributed by atoms with E-state index in [2.05, 4.69) is 62.0 Å². The summed E-state index contributed by atoms with van der Waals surface area (Å²) in [5.41, 5.74) is 6.71. The number of aromatic nitrogens is 2. The van der Waals surface area contributed by atoms with Crippen molar-refractivity contribution in [2.45, 2.75) is 52.6 Å². The van der Waals surface area contributed by atoms with Crippen molar-refractivity contribution < 1.29 is 0 Å². The van der Waals surface area contributed by atoms with Gasteiger partial charge in [-0.3, -0.25) is 4.68 Å². The van der Waals surface area contributed by atoms with Crippen LogP contribution in [0.2, 0.25) is 0 Å². The van der Waals surface area contributed by atoms with Crippen LogP contribution >= 0.6 is 0 Å². The lowest BCUT2D eigenvalue weighted by atomic mass is 9.84. The molecular weight excluding hydrogens is 258 g/mol. The predicted molar refractivity (Wildman–Crippen MR) is 86.7 cm³/mol. The summed E-state index contributed by atoms with van der Waals surface area (Å²) in [7, 11) is 0. The Morgan fingerprint density at radius 2 is 2.00 bits per heavy atom. The first-order valence-electron chi connectivity index (χ1n) is 7.97. The topological polar surface area (TPSA) is 29.9 Å². The lowest BCUT2D eigenvalue weighted by Crippen LogP contribution is -2.35. The molecule has 0 spiro atoms. The van der Waals surface area contributed by atoms with Crippen LogP contribution in [0.4, 0.5) is 0 Å². The number of hydrogen-bond donors (Lipinski definition) is 1. The fraction of sp³-hybridized carbons (Fsp3) is 0.500. The van der Waals surface area contributed by atoms with E-state index in [-0.39, 0.29) is 0 Å². The number of rotatable bonds is 3. The van der Waals surface area contributed by atoms with E-state index in [1.54, 1.807) is 0 Å². The maximum atomic E-state index is 4.82. The fourth-order valence-electron chi connectivity index (χ4n) is 3.54. The highest BCUT2D eigenvalue weighted by Gasteiger charge is 2.31. The van der Waals surface area contributed by atoms with Gasteiger partial charge in [0.2, 0.25) is 0 Å². The van der Waals surface area contributed by atoms with Gasteiger partial charge in [0.25, 0.3) is 0 Å². The summed E-state index contributed by atoms with van der Waals surface area (Å²) < 4.78 is 2.26. The van der Waals surface area contributed by atoms with Crippen molar-refractivity contribution in [2.75, 3.05) is 6.54 Å². The van der Waals surface area contributed by atoms with Gasteiger partial charge in [-0.1, -0.05) is 31.2 Å². The smallest absolute Gasteiger partial charge is 0.0720 e. The molecule has 21 heavy (non-hydrogen) atoms. The molecule has 0 radical (unpaired) electrons. The minimum Gasteiger partial charge on any atom is -0.308 e. The predicted octanol–water partition coefficient (Wildman–Crippen LogP) is 3.65. The lowest BCUT2D eigenvalue weighted by molar-refractivity contribution is 0.295. The molecule has 3 heteroatoms. The van der Waals surface area contributed by atoms with Crippen LogP contribution in [0.3, 0.4) is 0 Å². The van der Waals surface area contributed by atoms with Gasteiger partial charge in [-0.2, -0.15) is 5.10 Å². The first-order chi connectivity index (χ1) is 10.1. The number of likely N-dealkylation sites (N-methyl/N-ethyl adjacent to an activating group) is 1. The molecular formula is C18H25N3. The van der Waals surface area contributed by atoms with Crippen molar-refractivity contribution >= 4 is 0 Å².